The summed E-state index contributed by atoms with van der Waals surface area (Å²) in [4.78, 5) is 25.1. The van der Waals surface area contributed by atoms with E-state index in [0.717, 1.165) is 18.5 Å². The number of hydrogen-bond donors (Lipinski definition) is 1. The van der Waals surface area contributed by atoms with Gasteiger partial charge in [-0.05, 0) is 52.7 Å². The smallest absolute Gasteiger partial charge is 0.408 e. The van der Waals surface area contributed by atoms with E-state index >= 15 is 0 Å². The Morgan fingerprint density at radius 2 is 1.88 bits per heavy atom. The minimum absolute atomic E-state index is 0.0384. The van der Waals surface area contributed by atoms with E-state index in [0.29, 0.717) is 24.4 Å². The normalized spacial score (nSPS) is 15.4. The molecule has 1 aromatic carbocycles. The zero-order valence-corrected chi connectivity index (χ0v) is 20.1. The summed E-state index contributed by atoms with van der Waals surface area (Å²) in [6.07, 6.45) is 1.72. The molecule has 1 saturated heterocycles. The molecule has 0 bridgehead atoms. The Morgan fingerprint density at radius 3 is 2.55 bits per heavy atom. The van der Waals surface area contributed by atoms with Gasteiger partial charge in [0.1, 0.15) is 5.82 Å². The first-order valence-corrected chi connectivity index (χ1v) is 12.4. The van der Waals surface area contributed by atoms with Crippen LogP contribution in [0.25, 0.3) is 11.1 Å². The number of anilines is 1. The summed E-state index contributed by atoms with van der Waals surface area (Å²) in [5.74, 6) is -0.315. The van der Waals surface area contributed by atoms with Gasteiger partial charge in [-0.2, -0.15) is 9.40 Å². The van der Waals surface area contributed by atoms with E-state index in [-0.39, 0.29) is 34.9 Å². The molecule has 4 rings (SSSR count). The number of carbonyl (C=O) groups is 1. The topological polar surface area (TPSA) is 119 Å². The number of amides is 1. The highest BCUT2D eigenvalue weighted by Gasteiger charge is 2.28. The van der Waals surface area contributed by atoms with E-state index in [9.17, 15) is 18.0 Å². The van der Waals surface area contributed by atoms with E-state index in [4.69, 9.17) is 4.42 Å². The minimum atomic E-state index is -3.62. The molecule has 3 heterocycles. The average molecular weight is 476 g/mol. The van der Waals surface area contributed by atoms with Gasteiger partial charge in [0.2, 0.25) is 15.9 Å². The number of hydrogen-bond acceptors (Lipinski definition) is 6. The number of aryl methyl sites for hydroxylation is 2. The van der Waals surface area contributed by atoms with Crippen molar-refractivity contribution in [1.29, 1.82) is 0 Å². The van der Waals surface area contributed by atoms with Crippen molar-refractivity contribution in [2.24, 2.45) is 0 Å². The van der Waals surface area contributed by atoms with Gasteiger partial charge >= 0.3 is 5.76 Å². The molecule has 0 aliphatic carbocycles. The summed E-state index contributed by atoms with van der Waals surface area (Å²) >= 11 is 0. The fraction of sp³-hybridized carbons (Fsp3) is 0.500. The zero-order chi connectivity index (χ0) is 24.0. The third-order valence-electron chi connectivity index (χ3n) is 5.64. The molecule has 0 unspecified atom stereocenters. The first kappa shape index (κ1) is 23.2. The molecule has 1 aliphatic rings. The second-order valence-electron chi connectivity index (χ2n) is 9.31. The van der Waals surface area contributed by atoms with E-state index < -0.39 is 15.8 Å². The largest absolute Gasteiger partial charge is 0.419 e. The summed E-state index contributed by atoms with van der Waals surface area (Å²) in [6, 6.07) is 6.21. The van der Waals surface area contributed by atoms with Crippen LogP contribution < -0.4 is 11.1 Å². The monoisotopic (exact) mass is 475 g/mol. The van der Waals surface area contributed by atoms with Crippen molar-refractivity contribution >= 4 is 32.8 Å². The molecule has 0 spiro atoms. The molecule has 2 aromatic heterocycles. The van der Waals surface area contributed by atoms with E-state index in [1.54, 1.807) is 16.8 Å². The molecule has 33 heavy (non-hydrogen) atoms. The highest BCUT2D eigenvalue weighted by molar-refractivity contribution is 7.89. The third kappa shape index (κ3) is 4.60. The average Bonchev–Trinajstić information content (AvgIpc) is 3.44. The maximum Gasteiger partial charge on any atom is 0.419 e. The Morgan fingerprint density at radius 1 is 1.18 bits per heavy atom. The van der Waals surface area contributed by atoms with Crippen molar-refractivity contribution in [2.45, 2.75) is 63.9 Å². The van der Waals surface area contributed by atoms with Crippen molar-refractivity contribution in [2.75, 3.05) is 18.4 Å². The molecule has 0 atom stereocenters. The van der Waals surface area contributed by atoms with Crippen LogP contribution in [0, 0.1) is 6.92 Å². The summed E-state index contributed by atoms with van der Waals surface area (Å²) in [5, 5.41) is 7.29. The van der Waals surface area contributed by atoms with Crippen molar-refractivity contribution in [1.82, 2.24) is 18.7 Å². The first-order valence-electron chi connectivity index (χ1n) is 11.0. The van der Waals surface area contributed by atoms with Gasteiger partial charge in [0.05, 0.1) is 21.6 Å². The Hall–Kier alpha value is -2.92. The molecule has 0 radical (unpaired) electrons. The third-order valence-corrected chi connectivity index (χ3v) is 7.53. The molecule has 0 saturated carbocycles. The number of aromatic nitrogens is 3. The van der Waals surface area contributed by atoms with Gasteiger partial charge < -0.3 is 9.73 Å². The van der Waals surface area contributed by atoms with Crippen LogP contribution >= 0.6 is 0 Å². The standard InChI is InChI=1S/C22H29N5O5S/c1-15-13-19(27(24-15)22(2,3)4)23-20(28)9-12-26-17-8-7-16(14-18(17)32-21(26)29)33(30,31)25-10-5-6-11-25/h7-8,13-14H,5-6,9-12H2,1-4H3,(H,23,28). The Balaban J connectivity index is 1.51. The van der Waals surface area contributed by atoms with Crippen molar-refractivity contribution in [3.05, 3.63) is 40.5 Å². The van der Waals surface area contributed by atoms with Crippen molar-refractivity contribution < 1.29 is 17.6 Å². The molecule has 11 heteroatoms. The summed E-state index contributed by atoms with van der Waals surface area (Å²) in [7, 11) is -3.62. The molecule has 1 N–H and O–H groups in total. The van der Waals surface area contributed by atoms with E-state index in [1.165, 1.54) is 21.0 Å². The lowest BCUT2D eigenvalue weighted by molar-refractivity contribution is -0.116. The predicted molar refractivity (Wildman–Crippen MR) is 124 cm³/mol. The number of fused-ring (bicyclic) bond motifs is 1. The summed E-state index contributed by atoms with van der Waals surface area (Å²) in [6.45, 7) is 8.91. The van der Waals surface area contributed by atoms with Crippen LogP contribution in [0.3, 0.4) is 0 Å². The van der Waals surface area contributed by atoms with Crippen molar-refractivity contribution in [3.63, 3.8) is 0 Å². The van der Waals surface area contributed by atoms with E-state index in [1.807, 2.05) is 27.7 Å². The lowest BCUT2D eigenvalue weighted by Gasteiger charge is -2.22. The Kier molecular flexibility index (Phi) is 5.95. The molecular weight excluding hydrogens is 446 g/mol. The molecule has 1 aliphatic heterocycles. The summed E-state index contributed by atoms with van der Waals surface area (Å²) < 4.78 is 35.4. The van der Waals surface area contributed by atoms with Gasteiger partial charge in [-0.3, -0.25) is 9.36 Å². The fourth-order valence-electron chi connectivity index (χ4n) is 4.01. The number of benzene rings is 1. The zero-order valence-electron chi connectivity index (χ0n) is 19.3. The van der Waals surface area contributed by atoms with Gasteiger partial charge in [-0.25, -0.2) is 17.9 Å². The minimum Gasteiger partial charge on any atom is -0.408 e. The molecule has 178 valence electrons. The van der Waals surface area contributed by atoms with Gasteiger partial charge in [0, 0.05) is 38.2 Å². The van der Waals surface area contributed by atoms with Crippen LogP contribution in [0.4, 0.5) is 5.82 Å². The van der Waals surface area contributed by atoms with Crippen molar-refractivity contribution in [3.8, 4) is 0 Å². The number of sulfonamides is 1. The maximum atomic E-state index is 12.8. The van der Waals surface area contributed by atoms with Crippen LogP contribution in [0.15, 0.2) is 38.4 Å². The Labute approximate surface area is 192 Å². The lowest BCUT2D eigenvalue weighted by atomic mass is 10.1. The number of oxazole rings is 1. The second-order valence-corrected chi connectivity index (χ2v) is 11.3. The number of nitrogens with zero attached hydrogens (tertiary/aromatic N) is 4. The van der Waals surface area contributed by atoms with Gasteiger partial charge in [0.25, 0.3) is 0 Å². The number of nitrogens with one attached hydrogen (secondary N) is 1. The van der Waals surface area contributed by atoms with Crippen LogP contribution in [0.5, 0.6) is 0 Å². The second kappa shape index (κ2) is 8.45. The van der Waals surface area contributed by atoms with Crippen LogP contribution in [0.2, 0.25) is 0 Å². The molecule has 10 nitrogen and oxygen atoms in total. The fourth-order valence-corrected chi connectivity index (χ4v) is 5.55. The molecule has 1 amide bonds. The molecule has 1 fully saturated rings. The lowest BCUT2D eigenvalue weighted by Crippen LogP contribution is -2.27. The highest BCUT2D eigenvalue weighted by Crippen LogP contribution is 2.25. The summed E-state index contributed by atoms with van der Waals surface area (Å²) in [5.41, 5.74) is 1.12. The number of rotatable bonds is 6. The van der Waals surface area contributed by atoms with Crippen LogP contribution in [-0.4, -0.2) is 46.1 Å². The number of carbonyl (C=O) groups excluding carboxylic acids is 1. The first-order chi connectivity index (χ1) is 15.5. The molecule has 3 aromatic rings. The van der Waals surface area contributed by atoms with Gasteiger partial charge in [-0.15, -0.1) is 0 Å². The maximum absolute atomic E-state index is 12.8. The van der Waals surface area contributed by atoms with Crippen LogP contribution in [0.1, 0.15) is 45.7 Å². The molecular formula is C22H29N5O5S. The van der Waals surface area contributed by atoms with Gasteiger partial charge in [0.15, 0.2) is 5.58 Å². The SMILES string of the molecule is Cc1cc(NC(=O)CCn2c(=O)oc3cc(S(=O)(=O)N4CCCC4)ccc32)n(C(C)(C)C)n1. The Bertz CT molecular complexity index is 1350. The predicted octanol–water partition coefficient (Wildman–Crippen LogP) is 2.67. The van der Waals surface area contributed by atoms with Crippen LogP contribution in [-0.2, 0) is 26.9 Å². The van der Waals surface area contributed by atoms with E-state index in [2.05, 4.69) is 10.4 Å². The quantitative estimate of drug-likeness (QED) is 0.585. The van der Waals surface area contributed by atoms with Gasteiger partial charge in [-0.1, -0.05) is 0 Å². The highest BCUT2D eigenvalue weighted by atomic mass is 32.2.